The molecule has 25 heavy (non-hydrogen) atoms. The number of carbonyl (C=O) groups excluding carboxylic acids is 2. The quantitative estimate of drug-likeness (QED) is 0.804. The third kappa shape index (κ3) is 2.82. The molecule has 2 aliphatic heterocycles. The lowest BCUT2D eigenvalue weighted by molar-refractivity contribution is -0.138. The summed E-state index contributed by atoms with van der Waals surface area (Å²) in [6, 6.07) is 15.9. The molecule has 4 heteroatoms. The highest BCUT2D eigenvalue weighted by atomic mass is 16.2. The summed E-state index contributed by atoms with van der Waals surface area (Å²) in [7, 11) is 0. The molecule has 4 rings (SSSR count). The summed E-state index contributed by atoms with van der Waals surface area (Å²) >= 11 is 0. The van der Waals surface area contributed by atoms with Crippen molar-refractivity contribution in [1.82, 2.24) is 9.80 Å². The van der Waals surface area contributed by atoms with E-state index in [0.717, 1.165) is 24.9 Å². The Morgan fingerprint density at radius 3 is 2.68 bits per heavy atom. The average Bonchev–Trinajstić information content (AvgIpc) is 2.81. The fourth-order valence-corrected chi connectivity index (χ4v) is 4.01. The highest BCUT2D eigenvalue weighted by molar-refractivity contribution is 5.98. The second-order valence-electron chi connectivity index (χ2n) is 6.91. The molecule has 0 N–H and O–H groups in total. The zero-order chi connectivity index (χ0) is 17.4. The van der Waals surface area contributed by atoms with Crippen LogP contribution in [0, 0.1) is 6.92 Å². The van der Waals surface area contributed by atoms with E-state index >= 15 is 0 Å². The summed E-state index contributed by atoms with van der Waals surface area (Å²) < 4.78 is 0. The molecule has 1 saturated heterocycles. The second kappa shape index (κ2) is 6.36. The van der Waals surface area contributed by atoms with Gasteiger partial charge in [0.05, 0.1) is 6.04 Å². The predicted molar refractivity (Wildman–Crippen MR) is 96.3 cm³/mol. The zero-order valence-corrected chi connectivity index (χ0v) is 14.4. The summed E-state index contributed by atoms with van der Waals surface area (Å²) in [4.78, 5) is 29.4. The molecular weight excluding hydrogens is 312 g/mol. The molecule has 0 radical (unpaired) electrons. The summed E-state index contributed by atoms with van der Waals surface area (Å²) in [6.45, 7) is 3.44. The van der Waals surface area contributed by atoms with Crippen molar-refractivity contribution < 1.29 is 9.59 Å². The number of carbonyl (C=O) groups is 2. The lowest BCUT2D eigenvalue weighted by atomic mass is 9.96. The summed E-state index contributed by atoms with van der Waals surface area (Å²) in [5.74, 6) is 0.00251. The number of hydrogen-bond donors (Lipinski definition) is 0. The first-order valence-electron chi connectivity index (χ1n) is 8.87. The maximum absolute atomic E-state index is 13.0. The Morgan fingerprint density at radius 1 is 1.08 bits per heavy atom. The van der Waals surface area contributed by atoms with Crippen LogP contribution in [0.5, 0.6) is 0 Å². The molecule has 2 aromatic rings. The highest BCUT2D eigenvalue weighted by Crippen LogP contribution is 2.32. The molecule has 128 valence electrons. The van der Waals surface area contributed by atoms with Crippen molar-refractivity contribution in [3.63, 3.8) is 0 Å². The molecule has 2 heterocycles. The van der Waals surface area contributed by atoms with E-state index in [1.165, 1.54) is 11.1 Å². The molecule has 0 bridgehead atoms. The van der Waals surface area contributed by atoms with E-state index in [9.17, 15) is 9.59 Å². The number of aryl methyl sites for hydroxylation is 2. The van der Waals surface area contributed by atoms with Gasteiger partial charge in [0, 0.05) is 18.7 Å². The van der Waals surface area contributed by atoms with Gasteiger partial charge in [-0.05, 0) is 42.5 Å². The number of hydrogen-bond acceptors (Lipinski definition) is 2. The molecular formula is C21H22N2O2. The van der Waals surface area contributed by atoms with E-state index in [1.54, 1.807) is 4.90 Å². The first-order valence-corrected chi connectivity index (χ1v) is 8.87. The zero-order valence-electron chi connectivity index (χ0n) is 14.4. The molecule has 0 aliphatic carbocycles. The van der Waals surface area contributed by atoms with Crippen LogP contribution < -0.4 is 0 Å². The largest absolute Gasteiger partial charge is 0.332 e. The van der Waals surface area contributed by atoms with Gasteiger partial charge >= 0.3 is 0 Å². The van der Waals surface area contributed by atoms with Crippen LogP contribution in [0.3, 0.4) is 0 Å². The van der Waals surface area contributed by atoms with Crippen molar-refractivity contribution in [1.29, 1.82) is 0 Å². The van der Waals surface area contributed by atoms with Crippen LogP contribution in [-0.2, 0) is 11.2 Å². The van der Waals surface area contributed by atoms with Crippen LogP contribution in [0.15, 0.2) is 48.5 Å². The van der Waals surface area contributed by atoms with Crippen LogP contribution in [0.1, 0.15) is 39.5 Å². The molecule has 2 aliphatic rings. The third-order valence-corrected chi connectivity index (χ3v) is 5.34. The lowest BCUT2D eigenvalue weighted by Crippen LogP contribution is -2.53. The molecule has 2 aromatic carbocycles. The van der Waals surface area contributed by atoms with Crippen molar-refractivity contribution >= 4 is 11.8 Å². The molecule has 1 fully saturated rings. The van der Waals surface area contributed by atoms with Gasteiger partial charge in [-0.15, -0.1) is 0 Å². The Balaban J connectivity index is 1.68. The SMILES string of the molecule is Cc1ccccc1C(=O)N1CC(=O)N2CCCc3ccccc3C2C1. The number of fused-ring (bicyclic) bond motifs is 3. The predicted octanol–water partition coefficient (Wildman–Crippen LogP) is 2.97. The highest BCUT2D eigenvalue weighted by Gasteiger charge is 2.37. The van der Waals surface area contributed by atoms with E-state index in [1.807, 2.05) is 42.2 Å². The first-order chi connectivity index (χ1) is 12.1. The fraction of sp³-hybridized carbons (Fsp3) is 0.333. The van der Waals surface area contributed by atoms with Gasteiger partial charge in [-0.3, -0.25) is 9.59 Å². The first kappa shape index (κ1) is 15.9. The van der Waals surface area contributed by atoms with Gasteiger partial charge < -0.3 is 9.80 Å². The normalized spacial score (nSPS) is 19.9. The Bertz CT molecular complexity index is 830. The maximum atomic E-state index is 13.0. The molecule has 1 atom stereocenters. The monoisotopic (exact) mass is 334 g/mol. The fourth-order valence-electron chi connectivity index (χ4n) is 4.01. The van der Waals surface area contributed by atoms with Gasteiger partial charge in [-0.25, -0.2) is 0 Å². The van der Waals surface area contributed by atoms with E-state index in [-0.39, 0.29) is 24.4 Å². The Labute approximate surface area is 148 Å². The third-order valence-electron chi connectivity index (χ3n) is 5.34. The van der Waals surface area contributed by atoms with Gasteiger partial charge in [0.25, 0.3) is 5.91 Å². The average molecular weight is 334 g/mol. The van der Waals surface area contributed by atoms with Crippen molar-refractivity contribution in [2.75, 3.05) is 19.6 Å². The maximum Gasteiger partial charge on any atom is 0.254 e. The second-order valence-corrected chi connectivity index (χ2v) is 6.91. The summed E-state index contributed by atoms with van der Waals surface area (Å²) in [5, 5.41) is 0. The topological polar surface area (TPSA) is 40.6 Å². The Hall–Kier alpha value is -2.62. The number of rotatable bonds is 1. The van der Waals surface area contributed by atoms with E-state index in [2.05, 4.69) is 18.2 Å². The van der Waals surface area contributed by atoms with E-state index in [0.29, 0.717) is 12.1 Å². The minimum Gasteiger partial charge on any atom is -0.332 e. The number of nitrogens with zero attached hydrogens (tertiary/aromatic N) is 2. The van der Waals surface area contributed by atoms with E-state index in [4.69, 9.17) is 0 Å². The molecule has 0 saturated carbocycles. The Kier molecular flexibility index (Phi) is 4.04. The van der Waals surface area contributed by atoms with Gasteiger partial charge in [-0.2, -0.15) is 0 Å². The minimum atomic E-state index is -0.0483. The standard InChI is InChI=1S/C21H22N2O2/c1-15-7-2-4-10-17(15)21(25)22-13-19-18-11-5-3-8-16(18)9-6-12-23(19)20(24)14-22/h2-5,7-8,10-11,19H,6,9,12-14H2,1H3. The number of amides is 2. The molecule has 0 spiro atoms. The van der Waals surface area contributed by atoms with Crippen LogP contribution in [0.2, 0.25) is 0 Å². The van der Waals surface area contributed by atoms with Crippen molar-refractivity contribution in [3.05, 3.63) is 70.8 Å². The van der Waals surface area contributed by atoms with Crippen molar-refractivity contribution in [2.45, 2.75) is 25.8 Å². The van der Waals surface area contributed by atoms with Crippen LogP contribution in [0.4, 0.5) is 0 Å². The Morgan fingerprint density at radius 2 is 1.84 bits per heavy atom. The van der Waals surface area contributed by atoms with Gasteiger partial charge in [0.1, 0.15) is 6.54 Å². The van der Waals surface area contributed by atoms with Crippen molar-refractivity contribution in [3.8, 4) is 0 Å². The molecule has 2 amide bonds. The van der Waals surface area contributed by atoms with E-state index < -0.39 is 0 Å². The minimum absolute atomic E-state index is 0.0343. The van der Waals surface area contributed by atoms with Gasteiger partial charge in [0.15, 0.2) is 0 Å². The summed E-state index contributed by atoms with van der Waals surface area (Å²) in [5.41, 5.74) is 4.12. The molecule has 4 nitrogen and oxygen atoms in total. The molecule has 1 unspecified atom stereocenters. The smallest absolute Gasteiger partial charge is 0.254 e. The van der Waals surface area contributed by atoms with Crippen LogP contribution >= 0.6 is 0 Å². The van der Waals surface area contributed by atoms with Crippen LogP contribution in [-0.4, -0.2) is 41.2 Å². The lowest BCUT2D eigenvalue weighted by Gasteiger charge is -2.41. The van der Waals surface area contributed by atoms with Gasteiger partial charge in [-0.1, -0.05) is 42.5 Å². The van der Waals surface area contributed by atoms with Gasteiger partial charge in [0.2, 0.25) is 5.91 Å². The number of benzene rings is 2. The number of piperazine rings is 1. The van der Waals surface area contributed by atoms with Crippen molar-refractivity contribution in [2.24, 2.45) is 0 Å². The molecule has 0 aromatic heterocycles. The summed E-state index contributed by atoms with van der Waals surface area (Å²) in [6.07, 6.45) is 1.97. The van der Waals surface area contributed by atoms with Crippen LogP contribution in [0.25, 0.3) is 0 Å².